The van der Waals surface area contributed by atoms with E-state index in [1.165, 1.54) is 0 Å². The van der Waals surface area contributed by atoms with Crippen molar-refractivity contribution in [2.45, 2.75) is 13.0 Å². The van der Waals surface area contributed by atoms with Crippen LogP contribution in [0.2, 0.25) is 0 Å². The first-order chi connectivity index (χ1) is 6.36. The molecule has 0 fully saturated rings. The normalized spacial score (nSPS) is 10.0. The predicted molar refractivity (Wildman–Crippen MR) is 50.4 cm³/mol. The zero-order valence-electron chi connectivity index (χ0n) is 7.50. The summed E-state index contributed by atoms with van der Waals surface area (Å²) in [7, 11) is 0. The molecule has 0 heterocycles. The summed E-state index contributed by atoms with van der Waals surface area (Å²) in [6.45, 7) is 0.585. The van der Waals surface area contributed by atoms with Crippen molar-refractivity contribution in [3.8, 4) is 5.75 Å². The average Bonchev–Trinajstić information content (AvgIpc) is 2.19. The standard InChI is InChI=1S/C10H14FNO/c11-5-2-6-13-10-4-1-3-9(7-10)8-12/h1,3-4,7H,2,5-6,8,12H2. The molecule has 3 heteroatoms. The molecule has 0 radical (unpaired) electrons. The molecule has 2 nitrogen and oxygen atoms in total. The largest absolute Gasteiger partial charge is 0.493 e. The molecule has 0 aliphatic rings. The number of benzene rings is 1. The van der Waals surface area contributed by atoms with Gasteiger partial charge in [-0.15, -0.1) is 0 Å². The lowest BCUT2D eigenvalue weighted by molar-refractivity contribution is 0.289. The number of rotatable bonds is 5. The Morgan fingerprint density at radius 2 is 2.23 bits per heavy atom. The van der Waals surface area contributed by atoms with E-state index in [0.717, 1.165) is 11.3 Å². The van der Waals surface area contributed by atoms with Crippen LogP contribution in [0.4, 0.5) is 4.39 Å². The molecule has 0 spiro atoms. The quantitative estimate of drug-likeness (QED) is 0.707. The number of ether oxygens (including phenoxy) is 1. The van der Waals surface area contributed by atoms with Gasteiger partial charge < -0.3 is 10.5 Å². The first-order valence-electron chi connectivity index (χ1n) is 4.34. The van der Waals surface area contributed by atoms with Gasteiger partial charge >= 0.3 is 0 Å². The number of hydrogen-bond acceptors (Lipinski definition) is 2. The maximum Gasteiger partial charge on any atom is 0.119 e. The van der Waals surface area contributed by atoms with Crippen LogP contribution in [0, 0.1) is 0 Å². The molecule has 2 N–H and O–H groups in total. The van der Waals surface area contributed by atoms with Crippen LogP contribution in [0.25, 0.3) is 0 Å². The lowest BCUT2D eigenvalue weighted by Gasteiger charge is -2.05. The van der Waals surface area contributed by atoms with Crippen LogP contribution in [0.5, 0.6) is 5.75 Å². The van der Waals surface area contributed by atoms with Gasteiger partial charge in [0.15, 0.2) is 0 Å². The molecular formula is C10H14FNO. The Morgan fingerprint density at radius 1 is 1.38 bits per heavy atom. The molecular weight excluding hydrogens is 169 g/mol. The highest BCUT2D eigenvalue weighted by molar-refractivity contribution is 5.28. The minimum atomic E-state index is -0.337. The van der Waals surface area contributed by atoms with Crippen LogP contribution in [0.15, 0.2) is 24.3 Å². The Bertz CT molecular complexity index is 252. The third-order valence-electron chi connectivity index (χ3n) is 1.68. The molecule has 0 unspecified atom stereocenters. The molecule has 0 aliphatic carbocycles. The van der Waals surface area contributed by atoms with E-state index in [1.807, 2.05) is 24.3 Å². The summed E-state index contributed by atoms with van der Waals surface area (Å²) >= 11 is 0. The molecule has 72 valence electrons. The van der Waals surface area contributed by atoms with Crippen molar-refractivity contribution in [2.75, 3.05) is 13.3 Å². The lowest BCUT2D eigenvalue weighted by Crippen LogP contribution is -2.00. The van der Waals surface area contributed by atoms with Gasteiger partial charge in [-0.2, -0.15) is 0 Å². The molecule has 0 amide bonds. The topological polar surface area (TPSA) is 35.2 Å². The number of hydrogen-bond donors (Lipinski definition) is 1. The van der Waals surface area contributed by atoms with E-state index >= 15 is 0 Å². The van der Waals surface area contributed by atoms with E-state index in [-0.39, 0.29) is 6.67 Å². The zero-order valence-corrected chi connectivity index (χ0v) is 7.50. The van der Waals surface area contributed by atoms with Crippen LogP contribution in [-0.2, 0) is 6.54 Å². The Hall–Kier alpha value is -1.09. The molecule has 0 aliphatic heterocycles. The Balaban J connectivity index is 2.46. The fourth-order valence-electron chi connectivity index (χ4n) is 1.01. The Labute approximate surface area is 77.5 Å². The molecule has 1 rings (SSSR count). The van der Waals surface area contributed by atoms with E-state index in [0.29, 0.717) is 19.6 Å². The summed E-state index contributed by atoms with van der Waals surface area (Å²) in [6, 6.07) is 7.53. The Morgan fingerprint density at radius 3 is 2.92 bits per heavy atom. The van der Waals surface area contributed by atoms with Gasteiger partial charge in [0, 0.05) is 13.0 Å². The van der Waals surface area contributed by atoms with Gasteiger partial charge in [0.1, 0.15) is 5.75 Å². The molecule has 0 saturated carbocycles. The molecule has 13 heavy (non-hydrogen) atoms. The second-order valence-corrected chi connectivity index (χ2v) is 2.74. The van der Waals surface area contributed by atoms with Gasteiger partial charge in [0.2, 0.25) is 0 Å². The van der Waals surface area contributed by atoms with Crippen molar-refractivity contribution in [2.24, 2.45) is 5.73 Å². The third-order valence-corrected chi connectivity index (χ3v) is 1.68. The van der Waals surface area contributed by atoms with Crippen molar-refractivity contribution in [1.82, 2.24) is 0 Å². The number of nitrogens with two attached hydrogens (primary N) is 1. The average molecular weight is 183 g/mol. The summed E-state index contributed by atoms with van der Waals surface area (Å²) in [5.74, 6) is 0.761. The van der Waals surface area contributed by atoms with Crippen LogP contribution in [-0.4, -0.2) is 13.3 Å². The SMILES string of the molecule is NCc1cccc(OCCCF)c1. The predicted octanol–water partition coefficient (Wildman–Crippen LogP) is 1.88. The fraction of sp³-hybridized carbons (Fsp3) is 0.400. The zero-order chi connectivity index (χ0) is 9.52. The first kappa shape index (κ1) is 9.99. The number of halogens is 1. The minimum absolute atomic E-state index is 0.337. The minimum Gasteiger partial charge on any atom is -0.493 e. The highest BCUT2D eigenvalue weighted by Crippen LogP contribution is 2.12. The highest BCUT2D eigenvalue weighted by Gasteiger charge is 1.94. The highest BCUT2D eigenvalue weighted by atomic mass is 19.1. The summed E-state index contributed by atoms with van der Waals surface area (Å²) in [4.78, 5) is 0. The van der Waals surface area contributed by atoms with E-state index in [4.69, 9.17) is 10.5 Å². The van der Waals surface area contributed by atoms with Crippen molar-refractivity contribution < 1.29 is 9.13 Å². The molecule has 0 saturated heterocycles. The fourth-order valence-corrected chi connectivity index (χ4v) is 1.01. The van der Waals surface area contributed by atoms with E-state index in [9.17, 15) is 4.39 Å². The summed E-state index contributed by atoms with van der Waals surface area (Å²) < 4.78 is 17.0. The van der Waals surface area contributed by atoms with Crippen molar-refractivity contribution in [3.05, 3.63) is 29.8 Å². The second-order valence-electron chi connectivity index (χ2n) is 2.74. The van der Waals surface area contributed by atoms with E-state index in [2.05, 4.69) is 0 Å². The van der Waals surface area contributed by atoms with E-state index < -0.39 is 0 Å². The summed E-state index contributed by atoms with van der Waals surface area (Å²) in [5, 5.41) is 0. The van der Waals surface area contributed by atoms with Crippen LogP contribution >= 0.6 is 0 Å². The van der Waals surface area contributed by atoms with Crippen LogP contribution in [0.1, 0.15) is 12.0 Å². The maximum atomic E-state index is 11.7. The van der Waals surface area contributed by atoms with Gasteiger partial charge in [0.25, 0.3) is 0 Å². The second kappa shape index (κ2) is 5.54. The van der Waals surface area contributed by atoms with Crippen molar-refractivity contribution in [1.29, 1.82) is 0 Å². The van der Waals surface area contributed by atoms with Gasteiger partial charge in [-0.3, -0.25) is 4.39 Å². The number of alkyl halides is 1. The lowest BCUT2D eigenvalue weighted by atomic mass is 10.2. The van der Waals surface area contributed by atoms with E-state index in [1.54, 1.807) is 0 Å². The monoisotopic (exact) mass is 183 g/mol. The van der Waals surface area contributed by atoms with Crippen molar-refractivity contribution in [3.63, 3.8) is 0 Å². The Kier molecular flexibility index (Phi) is 4.26. The molecule has 1 aromatic rings. The molecule has 1 aromatic carbocycles. The van der Waals surface area contributed by atoms with Gasteiger partial charge in [-0.25, -0.2) is 0 Å². The van der Waals surface area contributed by atoms with Crippen LogP contribution in [0.3, 0.4) is 0 Å². The maximum absolute atomic E-state index is 11.7. The molecule has 0 aromatic heterocycles. The summed E-state index contributed by atoms with van der Waals surface area (Å²) in [5.41, 5.74) is 6.48. The first-order valence-corrected chi connectivity index (χ1v) is 4.34. The molecule has 0 atom stereocenters. The van der Waals surface area contributed by atoms with Gasteiger partial charge in [-0.1, -0.05) is 12.1 Å². The van der Waals surface area contributed by atoms with Gasteiger partial charge in [-0.05, 0) is 17.7 Å². The van der Waals surface area contributed by atoms with Crippen LogP contribution < -0.4 is 10.5 Å². The van der Waals surface area contributed by atoms with Crippen molar-refractivity contribution >= 4 is 0 Å². The third kappa shape index (κ3) is 3.42. The molecule has 0 bridgehead atoms. The van der Waals surface area contributed by atoms with Gasteiger partial charge in [0.05, 0.1) is 13.3 Å². The smallest absolute Gasteiger partial charge is 0.119 e. The summed E-state index contributed by atoms with van der Waals surface area (Å²) in [6.07, 6.45) is 0.437.